The zero-order chi connectivity index (χ0) is 16.9. The van der Waals surface area contributed by atoms with Gasteiger partial charge in [-0.25, -0.2) is 0 Å². The molecule has 1 aliphatic heterocycles. The summed E-state index contributed by atoms with van der Waals surface area (Å²) in [4.78, 5) is 18.7. The summed E-state index contributed by atoms with van der Waals surface area (Å²) in [5, 5.41) is 7.87. The van der Waals surface area contributed by atoms with Crippen LogP contribution in [0, 0.1) is 6.92 Å². The fourth-order valence-corrected chi connectivity index (χ4v) is 2.75. The van der Waals surface area contributed by atoms with E-state index in [1.165, 1.54) is 7.11 Å². The van der Waals surface area contributed by atoms with Crippen LogP contribution < -0.4 is 9.47 Å². The number of carbonyl (C=O) groups excluding carboxylic acids is 1. The molecule has 1 atom stereocenters. The van der Waals surface area contributed by atoms with Gasteiger partial charge in [0.1, 0.15) is 6.10 Å². The van der Waals surface area contributed by atoms with Crippen LogP contribution in [0.4, 0.5) is 0 Å². The summed E-state index contributed by atoms with van der Waals surface area (Å²) < 4.78 is 10.8. The van der Waals surface area contributed by atoms with E-state index in [0.717, 1.165) is 25.1 Å². The van der Waals surface area contributed by atoms with Gasteiger partial charge in [-0.1, -0.05) is 0 Å². The molecule has 0 radical (unpaired) electrons. The van der Waals surface area contributed by atoms with Gasteiger partial charge in [0.15, 0.2) is 0 Å². The van der Waals surface area contributed by atoms with Gasteiger partial charge in [-0.05, 0) is 31.9 Å². The van der Waals surface area contributed by atoms with Crippen LogP contribution in [-0.2, 0) is 0 Å². The Hall–Kier alpha value is -2.70. The molecule has 2 aromatic rings. The number of amides is 1. The number of nitrogens with zero attached hydrogens (tertiary/aromatic N) is 4. The SMILES string of the molecule is COc1ccc(OC2CCCN(C(=O)c3cccnc3C)C2)nn1. The number of hydrogen-bond acceptors (Lipinski definition) is 6. The van der Waals surface area contributed by atoms with Gasteiger partial charge in [0.05, 0.1) is 19.2 Å². The monoisotopic (exact) mass is 328 g/mol. The summed E-state index contributed by atoms with van der Waals surface area (Å²) in [5.41, 5.74) is 1.38. The number of likely N-dealkylation sites (tertiary alicyclic amines) is 1. The van der Waals surface area contributed by atoms with Crippen molar-refractivity contribution in [3.8, 4) is 11.8 Å². The number of rotatable bonds is 4. The molecule has 1 fully saturated rings. The van der Waals surface area contributed by atoms with Crippen molar-refractivity contribution < 1.29 is 14.3 Å². The second-order valence-electron chi connectivity index (χ2n) is 5.68. The third-order valence-corrected chi connectivity index (χ3v) is 4.01. The van der Waals surface area contributed by atoms with Crippen LogP contribution in [0.2, 0.25) is 0 Å². The highest BCUT2D eigenvalue weighted by Gasteiger charge is 2.26. The lowest BCUT2D eigenvalue weighted by Crippen LogP contribution is -2.44. The summed E-state index contributed by atoms with van der Waals surface area (Å²) in [7, 11) is 1.54. The second-order valence-corrected chi connectivity index (χ2v) is 5.68. The van der Waals surface area contributed by atoms with Crippen molar-refractivity contribution in [2.24, 2.45) is 0 Å². The first-order chi connectivity index (χ1) is 11.7. The number of hydrogen-bond donors (Lipinski definition) is 0. The lowest BCUT2D eigenvalue weighted by molar-refractivity contribution is 0.0524. The lowest BCUT2D eigenvalue weighted by atomic mass is 10.1. The fraction of sp³-hybridized carbons (Fsp3) is 0.412. The maximum Gasteiger partial charge on any atom is 0.255 e. The molecular formula is C17H20N4O3. The average molecular weight is 328 g/mol. The Bertz CT molecular complexity index is 705. The Labute approximate surface area is 140 Å². The number of ether oxygens (including phenoxy) is 2. The molecule has 0 spiro atoms. The molecule has 7 nitrogen and oxygen atoms in total. The molecule has 0 aliphatic carbocycles. The van der Waals surface area contributed by atoms with Crippen LogP contribution in [0.5, 0.6) is 11.8 Å². The summed E-state index contributed by atoms with van der Waals surface area (Å²) in [5.74, 6) is 0.872. The summed E-state index contributed by atoms with van der Waals surface area (Å²) in [6.07, 6.45) is 3.36. The first-order valence-corrected chi connectivity index (χ1v) is 7.92. The minimum absolute atomic E-state index is 0.00489. The van der Waals surface area contributed by atoms with Crippen LogP contribution >= 0.6 is 0 Å². The topological polar surface area (TPSA) is 77.4 Å². The minimum atomic E-state index is -0.0950. The highest BCUT2D eigenvalue weighted by atomic mass is 16.5. The van der Waals surface area contributed by atoms with Crippen molar-refractivity contribution >= 4 is 5.91 Å². The smallest absolute Gasteiger partial charge is 0.255 e. The van der Waals surface area contributed by atoms with E-state index in [1.807, 2.05) is 17.9 Å². The molecule has 0 N–H and O–H groups in total. The molecule has 0 bridgehead atoms. The Kier molecular flexibility index (Phi) is 4.88. The van der Waals surface area contributed by atoms with Gasteiger partial charge < -0.3 is 14.4 Å². The number of aromatic nitrogens is 3. The van der Waals surface area contributed by atoms with E-state index in [0.29, 0.717) is 23.9 Å². The zero-order valence-corrected chi connectivity index (χ0v) is 13.8. The summed E-state index contributed by atoms with van der Waals surface area (Å²) in [6.45, 7) is 3.10. The fourth-order valence-electron chi connectivity index (χ4n) is 2.75. The molecule has 1 unspecified atom stereocenters. The van der Waals surface area contributed by atoms with Gasteiger partial charge >= 0.3 is 0 Å². The predicted molar refractivity (Wildman–Crippen MR) is 87.1 cm³/mol. The van der Waals surface area contributed by atoms with Crippen LogP contribution in [0.1, 0.15) is 28.9 Å². The highest BCUT2D eigenvalue weighted by Crippen LogP contribution is 2.19. The molecule has 7 heteroatoms. The number of carbonyl (C=O) groups is 1. The van der Waals surface area contributed by atoms with Crippen LogP contribution in [0.15, 0.2) is 30.5 Å². The molecule has 3 rings (SSSR count). The van der Waals surface area contributed by atoms with Crippen LogP contribution in [-0.4, -0.2) is 52.3 Å². The Morgan fingerprint density at radius 1 is 1.25 bits per heavy atom. The van der Waals surface area contributed by atoms with E-state index in [9.17, 15) is 4.79 Å². The molecule has 1 aliphatic rings. The van der Waals surface area contributed by atoms with Gasteiger partial charge in [0.25, 0.3) is 5.91 Å². The van der Waals surface area contributed by atoms with Gasteiger partial charge in [0, 0.05) is 30.6 Å². The minimum Gasteiger partial charge on any atom is -0.480 e. The van der Waals surface area contributed by atoms with E-state index in [-0.39, 0.29) is 12.0 Å². The van der Waals surface area contributed by atoms with Crippen molar-refractivity contribution in [2.45, 2.75) is 25.9 Å². The maximum absolute atomic E-state index is 12.7. The largest absolute Gasteiger partial charge is 0.480 e. The number of aryl methyl sites for hydroxylation is 1. The van der Waals surface area contributed by atoms with E-state index >= 15 is 0 Å². The van der Waals surface area contributed by atoms with Crippen molar-refractivity contribution in [2.75, 3.05) is 20.2 Å². The van der Waals surface area contributed by atoms with Crippen molar-refractivity contribution in [1.29, 1.82) is 0 Å². The van der Waals surface area contributed by atoms with Gasteiger partial charge in [-0.15, -0.1) is 10.2 Å². The zero-order valence-electron chi connectivity index (χ0n) is 13.8. The van der Waals surface area contributed by atoms with Crippen molar-refractivity contribution in [1.82, 2.24) is 20.1 Å². The van der Waals surface area contributed by atoms with Gasteiger partial charge in [0.2, 0.25) is 11.8 Å². The molecule has 126 valence electrons. The summed E-state index contributed by atoms with van der Waals surface area (Å²) in [6, 6.07) is 7.01. The molecule has 24 heavy (non-hydrogen) atoms. The van der Waals surface area contributed by atoms with E-state index in [2.05, 4.69) is 15.2 Å². The van der Waals surface area contributed by atoms with Gasteiger partial charge in [-0.3, -0.25) is 9.78 Å². The molecule has 1 saturated heterocycles. The third-order valence-electron chi connectivity index (χ3n) is 4.01. The first kappa shape index (κ1) is 16.2. The quantitative estimate of drug-likeness (QED) is 0.853. The number of piperidine rings is 1. The maximum atomic E-state index is 12.7. The molecule has 3 heterocycles. The molecule has 0 saturated carbocycles. The number of pyridine rings is 1. The third kappa shape index (κ3) is 3.61. The molecule has 1 amide bonds. The lowest BCUT2D eigenvalue weighted by Gasteiger charge is -2.32. The van der Waals surface area contributed by atoms with E-state index in [1.54, 1.807) is 24.4 Å². The van der Waals surface area contributed by atoms with Crippen molar-refractivity contribution in [3.63, 3.8) is 0 Å². The Morgan fingerprint density at radius 2 is 2.04 bits per heavy atom. The first-order valence-electron chi connectivity index (χ1n) is 7.92. The van der Waals surface area contributed by atoms with Crippen LogP contribution in [0.25, 0.3) is 0 Å². The molecule has 0 aromatic carbocycles. The highest BCUT2D eigenvalue weighted by molar-refractivity contribution is 5.95. The number of methoxy groups -OCH3 is 1. The van der Waals surface area contributed by atoms with E-state index in [4.69, 9.17) is 9.47 Å². The van der Waals surface area contributed by atoms with Crippen LogP contribution in [0.3, 0.4) is 0 Å². The summed E-state index contributed by atoms with van der Waals surface area (Å²) >= 11 is 0. The van der Waals surface area contributed by atoms with E-state index < -0.39 is 0 Å². The normalized spacial score (nSPS) is 17.4. The second kappa shape index (κ2) is 7.25. The predicted octanol–water partition coefficient (Wildman–Crippen LogP) is 1.87. The average Bonchev–Trinajstić information content (AvgIpc) is 2.62. The van der Waals surface area contributed by atoms with Crippen molar-refractivity contribution in [3.05, 3.63) is 41.7 Å². The standard InChI is InChI=1S/C17H20N4O3/c1-12-14(6-3-9-18-12)17(22)21-10-4-5-13(11-21)24-16-8-7-15(23-2)19-20-16/h3,6-9,13H,4-5,10-11H2,1-2H3. The Morgan fingerprint density at radius 3 is 2.75 bits per heavy atom. The molecular weight excluding hydrogens is 308 g/mol. The Balaban J connectivity index is 1.65. The molecule has 2 aromatic heterocycles. The van der Waals surface area contributed by atoms with Gasteiger partial charge in [-0.2, -0.15) is 0 Å².